The van der Waals surface area contributed by atoms with E-state index in [-0.39, 0.29) is 0 Å². The summed E-state index contributed by atoms with van der Waals surface area (Å²) in [4.78, 5) is 4.89. The van der Waals surface area contributed by atoms with Crippen LogP contribution >= 0.6 is 0 Å². The van der Waals surface area contributed by atoms with Gasteiger partial charge in [0.1, 0.15) is 5.75 Å². The summed E-state index contributed by atoms with van der Waals surface area (Å²) in [5.74, 6) is 1.01. The molecular formula is C23H37N3O. The van der Waals surface area contributed by atoms with Gasteiger partial charge in [-0.15, -0.1) is 0 Å². The van der Waals surface area contributed by atoms with Crippen LogP contribution in [-0.4, -0.2) is 49.1 Å². The lowest BCUT2D eigenvalue weighted by molar-refractivity contribution is 0.129. The van der Waals surface area contributed by atoms with Gasteiger partial charge >= 0.3 is 0 Å². The second kappa shape index (κ2) is 13.6. The smallest absolute Gasteiger partial charge is 0.119 e. The molecule has 150 valence electrons. The van der Waals surface area contributed by atoms with Crippen molar-refractivity contribution in [2.45, 2.75) is 64.8 Å². The molecule has 0 aromatic heterocycles. The fourth-order valence-electron chi connectivity index (χ4n) is 3.62. The lowest BCUT2D eigenvalue weighted by atomic mass is 10.1. The predicted molar refractivity (Wildman–Crippen MR) is 112 cm³/mol. The molecule has 1 heterocycles. The van der Waals surface area contributed by atoms with Gasteiger partial charge in [0, 0.05) is 45.7 Å². The van der Waals surface area contributed by atoms with Gasteiger partial charge in [0.05, 0.1) is 12.7 Å². The fraction of sp³-hybridized carbons (Fsp3) is 0.696. The first-order chi connectivity index (χ1) is 13.3. The molecule has 0 N–H and O–H groups in total. The van der Waals surface area contributed by atoms with Crippen molar-refractivity contribution in [3.05, 3.63) is 29.8 Å². The molecule has 0 aliphatic carbocycles. The van der Waals surface area contributed by atoms with Gasteiger partial charge in [0.15, 0.2) is 0 Å². The molecular weight excluding hydrogens is 334 g/mol. The molecule has 4 nitrogen and oxygen atoms in total. The molecule has 1 saturated heterocycles. The van der Waals surface area contributed by atoms with Gasteiger partial charge in [-0.25, -0.2) is 0 Å². The summed E-state index contributed by atoms with van der Waals surface area (Å²) >= 11 is 0. The summed E-state index contributed by atoms with van der Waals surface area (Å²) in [6.45, 7) is 9.27. The summed E-state index contributed by atoms with van der Waals surface area (Å²) in [5, 5.41) is 8.71. The van der Waals surface area contributed by atoms with Crippen molar-refractivity contribution >= 4 is 0 Å². The molecule has 4 heteroatoms. The van der Waals surface area contributed by atoms with Crippen LogP contribution < -0.4 is 4.74 Å². The minimum atomic E-state index is 0.637. The van der Waals surface area contributed by atoms with Crippen molar-refractivity contribution in [3.63, 3.8) is 0 Å². The third-order valence-electron chi connectivity index (χ3n) is 5.33. The fourth-order valence-corrected chi connectivity index (χ4v) is 3.62. The number of nitriles is 1. The molecule has 0 radical (unpaired) electrons. The summed E-state index contributed by atoms with van der Waals surface area (Å²) < 4.78 is 5.97. The van der Waals surface area contributed by atoms with Crippen molar-refractivity contribution < 1.29 is 4.74 Å². The Labute approximate surface area is 166 Å². The third kappa shape index (κ3) is 9.26. The number of nitrogens with zero attached hydrogens (tertiary/aromatic N) is 3. The van der Waals surface area contributed by atoms with Crippen molar-refractivity contribution in [3.8, 4) is 11.8 Å². The third-order valence-corrected chi connectivity index (χ3v) is 5.33. The molecule has 0 spiro atoms. The normalized spacial score (nSPS) is 15.6. The first-order valence-corrected chi connectivity index (χ1v) is 10.8. The van der Waals surface area contributed by atoms with Crippen LogP contribution in [0.3, 0.4) is 0 Å². The molecule has 0 saturated carbocycles. The quantitative estimate of drug-likeness (QED) is 0.465. The number of hydrogen-bond acceptors (Lipinski definition) is 4. The van der Waals surface area contributed by atoms with Crippen LogP contribution in [0.25, 0.3) is 0 Å². The van der Waals surface area contributed by atoms with E-state index in [1.807, 2.05) is 0 Å². The van der Waals surface area contributed by atoms with Gasteiger partial charge in [-0.3, -0.25) is 9.80 Å². The highest BCUT2D eigenvalue weighted by Crippen LogP contribution is 2.17. The van der Waals surface area contributed by atoms with Crippen LogP contribution in [0.1, 0.15) is 63.9 Å². The van der Waals surface area contributed by atoms with Crippen LogP contribution in [0.4, 0.5) is 0 Å². The van der Waals surface area contributed by atoms with Gasteiger partial charge < -0.3 is 4.74 Å². The SMILES string of the molecule is CCCCCCCCCOc1cccc(CN2CCN(CCC#N)CC2)c1. The van der Waals surface area contributed by atoms with Gasteiger partial charge in [0.25, 0.3) is 0 Å². The van der Waals surface area contributed by atoms with Crippen LogP contribution in [0, 0.1) is 11.3 Å². The van der Waals surface area contributed by atoms with Gasteiger partial charge in [0.2, 0.25) is 0 Å². The van der Waals surface area contributed by atoms with Crippen LogP contribution in [0.2, 0.25) is 0 Å². The zero-order valence-corrected chi connectivity index (χ0v) is 17.2. The first kappa shape index (κ1) is 21.7. The molecule has 0 atom stereocenters. The number of benzene rings is 1. The van der Waals surface area contributed by atoms with Crippen molar-refractivity contribution in [2.75, 3.05) is 39.3 Å². The Bertz CT molecular complexity index is 547. The minimum absolute atomic E-state index is 0.637. The lowest BCUT2D eigenvalue weighted by Crippen LogP contribution is -2.46. The molecule has 1 aliphatic rings. The van der Waals surface area contributed by atoms with E-state index in [0.717, 1.165) is 58.0 Å². The van der Waals surface area contributed by atoms with Crippen LogP contribution in [0.15, 0.2) is 24.3 Å². The average Bonchev–Trinajstić information content (AvgIpc) is 2.70. The summed E-state index contributed by atoms with van der Waals surface area (Å²) in [6.07, 6.45) is 9.84. The maximum absolute atomic E-state index is 8.71. The highest BCUT2D eigenvalue weighted by molar-refractivity contribution is 5.28. The average molecular weight is 372 g/mol. The highest BCUT2D eigenvalue weighted by atomic mass is 16.5. The zero-order valence-electron chi connectivity index (χ0n) is 17.2. The Kier molecular flexibility index (Phi) is 10.9. The first-order valence-electron chi connectivity index (χ1n) is 10.8. The van der Waals surface area contributed by atoms with E-state index in [1.165, 1.54) is 44.1 Å². The number of unbranched alkanes of at least 4 members (excludes halogenated alkanes) is 6. The number of rotatable bonds is 13. The predicted octanol–water partition coefficient (Wildman–Crippen LogP) is 4.85. The second-order valence-electron chi connectivity index (χ2n) is 7.64. The van der Waals surface area contributed by atoms with Crippen LogP contribution in [-0.2, 0) is 6.54 Å². The van der Waals surface area contributed by atoms with E-state index in [1.54, 1.807) is 0 Å². The molecule has 0 unspecified atom stereocenters. The molecule has 27 heavy (non-hydrogen) atoms. The second-order valence-corrected chi connectivity index (χ2v) is 7.64. The summed E-state index contributed by atoms with van der Waals surface area (Å²) in [7, 11) is 0. The number of ether oxygens (including phenoxy) is 1. The molecule has 0 amide bonds. The van der Waals surface area contributed by atoms with E-state index in [4.69, 9.17) is 10.00 Å². The van der Waals surface area contributed by atoms with Crippen molar-refractivity contribution in [1.82, 2.24) is 9.80 Å². The van der Waals surface area contributed by atoms with E-state index in [0.29, 0.717) is 6.42 Å². The van der Waals surface area contributed by atoms with E-state index >= 15 is 0 Å². The number of hydrogen-bond donors (Lipinski definition) is 0. The largest absolute Gasteiger partial charge is 0.494 e. The highest BCUT2D eigenvalue weighted by Gasteiger charge is 2.16. The Morgan fingerprint density at radius 3 is 2.41 bits per heavy atom. The van der Waals surface area contributed by atoms with E-state index in [2.05, 4.69) is 47.1 Å². The molecule has 1 aromatic rings. The van der Waals surface area contributed by atoms with Crippen molar-refractivity contribution in [2.24, 2.45) is 0 Å². The Morgan fingerprint density at radius 2 is 1.67 bits per heavy atom. The van der Waals surface area contributed by atoms with Gasteiger partial charge in [-0.2, -0.15) is 5.26 Å². The summed E-state index contributed by atoms with van der Waals surface area (Å²) in [5.41, 5.74) is 1.33. The monoisotopic (exact) mass is 371 g/mol. The van der Waals surface area contributed by atoms with Crippen molar-refractivity contribution in [1.29, 1.82) is 5.26 Å². The lowest BCUT2D eigenvalue weighted by Gasteiger charge is -2.34. The molecule has 1 fully saturated rings. The summed E-state index contributed by atoms with van der Waals surface area (Å²) in [6, 6.07) is 10.8. The van der Waals surface area contributed by atoms with Gasteiger partial charge in [-0.1, -0.05) is 57.6 Å². The molecule has 1 aromatic carbocycles. The topological polar surface area (TPSA) is 39.5 Å². The van der Waals surface area contributed by atoms with E-state index < -0.39 is 0 Å². The van der Waals surface area contributed by atoms with Crippen LogP contribution in [0.5, 0.6) is 5.75 Å². The Hall–Kier alpha value is -1.57. The maximum Gasteiger partial charge on any atom is 0.119 e. The number of piperazine rings is 1. The maximum atomic E-state index is 8.71. The Balaban J connectivity index is 1.62. The van der Waals surface area contributed by atoms with Gasteiger partial charge in [-0.05, 0) is 24.1 Å². The molecule has 1 aliphatic heterocycles. The standard InChI is InChI=1S/C23H37N3O/c1-2-3-4-5-6-7-8-19-27-23-12-9-11-22(20-23)21-26-17-15-25(16-18-26)14-10-13-24/h9,11-12,20H,2-8,10,14-19,21H2,1H3. The molecule has 2 rings (SSSR count). The minimum Gasteiger partial charge on any atom is -0.494 e. The van der Waals surface area contributed by atoms with E-state index in [9.17, 15) is 0 Å². The Morgan fingerprint density at radius 1 is 0.963 bits per heavy atom. The molecule has 0 bridgehead atoms. The zero-order chi connectivity index (χ0) is 19.2.